The van der Waals surface area contributed by atoms with Gasteiger partial charge in [-0.05, 0) is 24.1 Å². The largest absolute Gasteiger partial charge is 0.506 e. The lowest BCUT2D eigenvalue weighted by Crippen LogP contribution is -1.88. The average Bonchev–Trinajstić information content (AvgIpc) is 2.94. The van der Waals surface area contributed by atoms with Crippen molar-refractivity contribution in [3.8, 4) is 11.5 Å². The van der Waals surface area contributed by atoms with Crippen molar-refractivity contribution >= 4 is 22.8 Å². The van der Waals surface area contributed by atoms with Crippen molar-refractivity contribution in [2.45, 2.75) is 19.8 Å². The Balaban J connectivity index is 2.13. The minimum absolute atomic E-state index is 0.00375. The van der Waals surface area contributed by atoms with Crippen LogP contribution in [-0.4, -0.2) is 24.5 Å². The van der Waals surface area contributed by atoms with Crippen LogP contribution in [0.15, 0.2) is 46.8 Å². The number of imidazole rings is 1. The summed E-state index contributed by atoms with van der Waals surface area (Å²) in [4.78, 5) is 14.7. The van der Waals surface area contributed by atoms with Crippen LogP contribution >= 0.6 is 0 Å². The standard InChI is InChI=1S/C16H15N5O4/c1-9(2)14-16(20-7-3-4-13(23)15(20)17-14)19-18-11-8-10(21(24)25)5-6-12(11)22/h3-9,22-23H,1-2H3. The van der Waals surface area contributed by atoms with Gasteiger partial charge in [-0.15, -0.1) is 10.2 Å². The van der Waals surface area contributed by atoms with E-state index in [1.54, 1.807) is 16.7 Å². The van der Waals surface area contributed by atoms with Crippen molar-refractivity contribution in [2.24, 2.45) is 10.2 Å². The van der Waals surface area contributed by atoms with Crippen molar-refractivity contribution in [3.63, 3.8) is 0 Å². The highest BCUT2D eigenvalue weighted by atomic mass is 16.6. The number of pyridine rings is 1. The molecule has 0 aliphatic rings. The number of nitro groups is 1. The van der Waals surface area contributed by atoms with E-state index < -0.39 is 4.92 Å². The first-order valence-electron chi connectivity index (χ1n) is 7.47. The SMILES string of the molecule is CC(C)c1nc2c(O)cccn2c1N=Nc1cc([N+](=O)[O-])ccc1O. The Hall–Kier alpha value is -3.49. The van der Waals surface area contributed by atoms with Crippen molar-refractivity contribution in [1.82, 2.24) is 9.38 Å². The Morgan fingerprint density at radius 2 is 1.96 bits per heavy atom. The Kier molecular flexibility index (Phi) is 4.05. The molecular weight excluding hydrogens is 326 g/mol. The molecule has 0 aliphatic carbocycles. The highest BCUT2D eigenvalue weighted by molar-refractivity contribution is 5.61. The van der Waals surface area contributed by atoms with Gasteiger partial charge in [0, 0.05) is 18.3 Å². The number of benzene rings is 1. The number of phenolic OH excluding ortho intramolecular Hbond substituents is 1. The van der Waals surface area contributed by atoms with Crippen LogP contribution in [0.3, 0.4) is 0 Å². The summed E-state index contributed by atoms with van der Waals surface area (Å²) in [5.41, 5.74) is 0.712. The van der Waals surface area contributed by atoms with Crippen molar-refractivity contribution in [1.29, 1.82) is 0 Å². The van der Waals surface area contributed by atoms with Gasteiger partial charge in [0.05, 0.1) is 10.6 Å². The predicted molar refractivity (Wildman–Crippen MR) is 89.9 cm³/mol. The summed E-state index contributed by atoms with van der Waals surface area (Å²) in [5, 5.41) is 38.7. The van der Waals surface area contributed by atoms with Crippen LogP contribution in [-0.2, 0) is 0 Å². The Morgan fingerprint density at radius 1 is 1.20 bits per heavy atom. The maximum atomic E-state index is 10.9. The van der Waals surface area contributed by atoms with Crippen molar-refractivity contribution in [3.05, 3.63) is 52.3 Å². The van der Waals surface area contributed by atoms with Crippen LogP contribution in [0.2, 0.25) is 0 Å². The maximum Gasteiger partial charge on any atom is 0.271 e. The Bertz CT molecular complexity index is 994. The van der Waals surface area contributed by atoms with E-state index in [2.05, 4.69) is 15.2 Å². The van der Waals surface area contributed by atoms with Crippen LogP contribution in [0.1, 0.15) is 25.5 Å². The summed E-state index contributed by atoms with van der Waals surface area (Å²) in [5.74, 6) is 0.167. The molecule has 0 saturated heterocycles. The molecule has 1 aromatic carbocycles. The second kappa shape index (κ2) is 6.19. The second-order valence-corrected chi connectivity index (χ2v) is 5.69. The molecule has 128 valence electrons. The summed E-state index contributed by atoms with van der Waals surface area (Å²) in [6.07, 6.45) is 1.68. The zero-order chi connectivity index (χ0) is 18.1. The fourth-order valence-corrected chi connectivity index (χ4v) is 2.35. The summed E-state index contributed by atoms with van der Waals surface area (Å²) in [6, 6.07) is 6.66. The number of nitro benzene ring substituents is 1. The quantitative estimate of drug-likeness (QED) is 0.418. The molecule has 25 heavy (non-hydrogen) atoms. The van der Waals surface area contributed by atoms with E-state index in [0.717, 1.165) is 6.07 Å². The zero-order valence-electron chi connectivity index (χ0n) is 13.5. The third kappa shape index (κ3) is 2.99. The van der Waals surface area contributed by atoms with Gasteiger partial charge < -0.3 is 10.2 Å². The fraction of sp³-hybridized carbons (Fsp3) is 0.188. The van der Waals surface area contributed by atoms with E-state index in [9.17, 15) is 20.3 Å². The molecule has 9 nitrogen and oxygen atoms in total. The van der Waals surface area contributed by atoms with Gasteiger partial charge in [0.1, 0.15) is 11.4 Å². The first kappa shape index (κ1) is 16.4. The predicted octanol–water partition coefficient (Wildman–Crippen LogP) is 4.19. The number of rotatable bonds is 4. The number of nitrogens with zero attached hydrogens (tertiary/aromatic N) is 5. The third-order valence-corrected chi connectivity index (χ3v) is 3.60. The van der Waals surface area contributed by atoms with Gasteiger partial charge in [-0.2, -0.15) is 0 Å². The zero-order valence-corrected chi connectivity index (χ0v) is 13.5. The van der Waals surface area contributed by atoms with Crippen LogP contribution < -0.4 is 0 Å². The van der Waals surface area contributed by atoms with E-state index in [0.29, 0.717) is 17.2 Å². The fourth-order valence-electron chi connectivity index (χ4n) is 2.35. The molecule has 0 radical (unpaired) electrons. The van der Waals surface area contributed by atoms with E-state index in [-0.39, 0.29) is 28.8 Å². The lowest BCUT2D eigenvalue weighted by atomic mass is 10.1. The molecule has 2 aromatic heterocycles. The summed E-state index contributed by atoms with van der Waals surface area (Å²) >= 11 is 0. The molecule has 2 heterocycles. The molecule has 0 saturated carbocycles. The molecule has 3 rings (SSSR count). The van der Waals surface area contributed by atoms with E-state index in [4.69, 9.17) is 0 Å². The van der Waals surface area contributed by atoms with Gasteiger partial charge in [-0.3, -0.25) is 14.5 Å². The molecular formula is C16H15N5O4. The maximum absolute atomic E-state index is 10.9. The normalized spacial score (nSPS) is 11.6. The highest BCUT2D eigenvalue weighted by Gasteiger charge is 2.17. The number of aromatic nitrogens is 2. The lowest BCUT2D eigenvalue weighted by Gasteiger charge is -2.02. The molecule has 0 bridgehead atoms. The number of non-ortho nitro benzene ring substituents is 1. The Morgan fingerprint density at radius 3 is 2.64 bits per heavy atom. The molecule has 0 amide bonds. The molecule has 0 spiro atoms. The number of hydrogen-bond acceptors (Lipinski definition) is 7. The minimum Gasteiger partial charge on any atom is -0.506 e. The van der Waals surface area contributed by atoms with Crippen molar-refractivity contribution in [2.75, 3.05) is 0 Å². The average molecular weight is 341 g/mol. The third-order valence-electron chi connectivity index (χ3n) is 3.60. The number of fused-ring (bicyclic) bond motifs is 1. The number of hydrogen-bond donors (Lipinski definition) is 2. The van der Waals surface area contributed by atoms with Crippen molar-refractivity contribution < 1.29 is 15.1 Å². The Labute approximate surface area is 142 Å². The molecule has 0 fully saturated rings. The van der Waals surface area contributed by atoms with Gasteiger partial charge >= 0.3 is 0 Å². The van der Waals surface area contributed by atoms with Gasteiger partial charge in [0.25, 0.3) is 5.69 Å². The second-order valence-electron chi connectivity index (χ2n) is 5.69. The minimum atomic E-state index is -0.579. The molecule has 0 aliphatic heterocycles. The lowest BCUT2D eigenvalue weighted by molar-refractivity contribution is -0.384. The summed E-state index contributed by atoms with van der Waals surface area (Å²) in [6.45, 7) is 3.84. The molecule has 2 N–H and O–H groups in total. The van der Waals surface area contributed by atoms with Crippen LogP contribution in [0.5, 0.6) is 11.5 Å². The molecule has 0 unspecified atom stereocenters. The summed E-state index contributed by atoms with van der Waals surface area (Å²) < 4.78 is 1.57. The van der Waals surface area contributed by atoms with E-state index >= 15 is 0 Å². The van der Waals surface area contributed by atoms with Gasteiger partial charge in [-0.1, -0.05) is 13.8 Å². The number of azo groups is 1. The van der Waals surface area contributed by atoms with Crippen LogP contribution in [0.4, 0.5) is 17.2 Å². The van der Waals surface area contributed by atoms with E-state index in [1.807, 2.05) is 13.8 Å². The number of phenols is 1. The van der Waals surface area contributed by atoms with Crippen LogP contribution in [0, 0.1) is 10.1 Å². The highest BCUT2D eigenvalue weighted by Crippen LogP contribution is 2.35. The molecule has 9 heteroatoms. The van der Waals surface area contributed by atoms with Crippen LogP contribution in [0.25, 0.3) is 5.65 Å². The summed E-state index contributed by atoms with van der Waals surface area (Å²) in [7, 11) is 0. The number of aromatic hydroxyl groups is 2. The first-order valence-corrected chi connectivity index (χ1v) is 7.47. The monoisotopic (exact) mass is 341 g/mol. The van der Waals surface area contributed by atoms with Gasteiger partial charge in [0.15, 0.2) is 17.2 Å². The van der Waals surface area contributed by atoms with E-state index in [1.165, 1.54) is 18.2 Å². The first-order chi connectivity index (χ1) is 11.9. The molecule has 0 atom stereocenters. The van der Waals surface area contributed by atoms with Gasteiger partial charge in [-0.25, -0.2) is 4.98 Å². The van der Waals surface area contributed by atoms with Gasteiger partial charge in [0.2, 0.25) is 0 Å². The topological polar surface area (TPSA) is 126 Å². The smallest absolute Gasteiger partial charge is 0.271 e. The molecule has 3 aromatic rings.